The minimum absolute atomic E-state index is 0.286. The first-order valence-corrected chi connectivity index (χ1v) is 5.22. The van der Waals surface area contributed by atoms with Crippen molar-refractivity contribution >= 4 is 12.7 Å². The van der Waals surface area contributed by atoms with E-state index in [9.17, 15) is 17.3 Å². The number of hydrogen-bond acceptors (Lipinski definition) is 1. The summed E-state index contributed by atoms with van der Waals surface area (Å²) in [4.78, 5) is 1.50. The van der Waals surface area contributed by atoms with Crippen molar-refractivity contribution in [1.29, 1.82) is 0 Å². The van der Waals surface area contributed by atoms with Crippen molar-refractivity contribution in [3.63, 3.8) is 0 Å². The lowest BCUT2D eigenvalue weighted by molar-refractivity contribution is 0.487. The number of halogens is 4. The van der Waals surface area contributed by atoms with E-state index in [1.54, 1.807) is 6.92 Å². The molecular formula is C11H13BF4N-. The first-order valence-electron chi connectivity index (χ1n) is 5.22. The number of rotatable bonds is 5. The minimum Gasteiger partial charge on any atom is -0.445 e. The third kappa shape index (κ3) is 3.80. The molecule has 0 saturated carbocycles. The first-order chi connectivity index (χ1) is 7.84. The summed E-state index contributed by atoms with van der Waals surface area (Å²) in [5.41, 5.74) is -0.203. The zero-order chi connectivity index (χ0) is 13.1. The van der Waals surface area contributed by atoms with E-state index in [4.69, 9.17) is 0 Å². The van der Waals surface area contributed by atoms with E-state index in [0.717, 1.165) is 0 Å². The highest BCUT2D eigenvalue weighted by Gasteiger charge is 2.27. The van der Waals surface area contributed by atoms with Crippen LogP contribution in [0.5, 0.6) is 0 Å². The molecule has 0 heterocycles. The molecule has 0 aliphatic carbocycles. The van der Waals surface area contributed by atoms with Crippen molar-refractivity contribution in [2.24, 2.45) is 0 Å². The zero-order valence-corrected chi connectivity index (χ0v) is 9.47. The fourth-order valence-corrected chi connectivity index (χ4v) is 1.39. The number of likely N-dealkylation sites (N-methyl/N-ethyl adjacent to an activating group) is 1. The van der Waals surface area contributed by atoms with Gasteiger partial charge in [0.15, 0.2) is 0 Å². The Hall–Kier alpha value is -1.46. The molecule has 1 nitrogen and oxygen atoms in total. The summed E-state index contributed by atoms with van der Waals surface area (Å²) in [5, 5.41) is 0. The summed E-state index contributed by atoms with van der Waals surface area (Å²) < 4.78 is 49.9. The highest BCUT2D eigenvalue weighted by molar-refractivity contribution is 6.66. The maximum atomic E-state index is 12.7. The van der Waals surface area contributed by atoms with Crippen LogP contribution in [-0.4, -0.2) is 20.1 Å². The topological polar surface area (TPSA) is 3.24 Å². The molecule has 0 aromatic heterocycles. The van der Waals surface area contributed by atoms with Crippen molar-refractivity contribution < 1.29 is 17.3 Å². The standard InChI is InChI=1S/C11H13BF4N/c1-3-17(8-9(2)12(14,15)16)11-6-4-10(13)5-7-11/h4-7H,2-3,8H2,1H3/q-1. The summed E-state index contributed by atoms with van der Waals surface area (Å²) in [7, 11) is 0. The smallest absolute Gasteiger partial charge is 0.445 e. The third-order valence-corrected chi connectivity index (χ3v) is 2.43. The Labute approximate surface area is 97.8 Å². The lowest BCUT2D eigenvalue weighted by atomic mass is 9.80. The number of hydrogen-bond donors (Lipinski definition) is 0. The van der Waals surface area contributed by atoms with E-state index < -0.39 is 18.3 Å². The summed E-state index contributed by atoms with van der Waals surface area (Å²) in [5.74, 6) is -0.413. The van der Waals surface area contributed by atoms with Crippen LogP contribution in [-0.2, 0) is 0 Å². The molecule has 0 aliphatic heterocycles. The Morgan fingerprint density at radius 1 is 1.24 bits per heavy atom. The van der Waals surface area contributed by atoms with Gasteiger partial charge < -0.3 is 17.8 Å². The summed E-state index contributed by atoms with van der Waals surface area (Å²) in [6.45, 7) is -0.131. The lowest BCUT2D eigenvalue weighted by Crippen LogP contribution is -2.32. The van der Waals surface area contributed by atoms with Gasteiger partial charge in [0, 0.05) is 18.8 Å². The van der Waals surface area contributed by atoms with Crippen LogP contribution in [0.15, 0.2) is 36.3 Å². The highest BCUT2D eigenvalue weighted by atomic mass is 19.4. The van der Waals surface area contributed by atoms with Crippen LogP contribution in [0.3, 0.4) is 0 Å². The Balaban J connectivity index is 2.79. The Kier molecular flexibility index (Phi) is 4.20. The molecule has 0 N–H and O–H groups in total. The lowest BCUT2D eigenvalue weighted by Gasteiger charge is -2.28. The van der Waals surface area contributed by atoms with Gasteiger partial charge in [0.05, 0.1) is 0 Å². The van der Waals surface area contributed by atoms with Gasteiger partial charge in [-0.2, -0.15) is 0 Å². The van der Waals surface area contributed by atoms with Crippen molar-refractivity contribution in [3.8, 4) is 0 Å². The zero-order valence-electron chi connectivity index (χ0n) is 9.47. The quantitative estimate of drug-likeness (QED) is 0.566. The molecule has 1 aromatic rings. The number of anilines is 1. The molecule has 1 rings (SSSR count). The molecule has 0 saturated heterocycles. The van der Waals surface area contributed by atoms with Crippen molar-refractivity contribution in [3.05, 3.63) is 42.1 Å². The molecule has 94 valence electrons. The largest absolute Gasteiger partial charge is 0.506 e. The van der Waals surface area contributed by atoms with Crippen LogP contribution in [0, 0.1) is 5.82 Å². The van der Waals surface area contributed by atoms with Crippen LogP contribution in [0.4, 0.5) is 23.0 Å². The Morgan fingerprint density at radius 3 is 2.18 bits per heavy atom. The second-order valence-electron chi connectivity index (χ2n) is 3.72. The summed E-state index contributed by atoms with van der Waals surface area (Å²) in [6, 6.07) is 5.35. The molecule has 0 aliphatic rings. The van der Waals surface area contributed by atoms with Gasteiger partial charge in [-0.15, -0.1) is 12.1 Å². The van der Waals surface area contributed by atoms with E-state index >= 15 is 0 Å². The minimum atomic E-state index is -5.02. The van der Waals surface area contributed by atoms with Gasteiger partial charge in [-0.05, 0) is 31.2 Å². The van der Waals surface area contributed by atoms with Crippen LogP contribution < -0.4 is 4.90 Å². The number of benzene rings is 1. The molecule has 0 amide bonds. The maximum absolute atomic E-state index is 12.7. The van der Waals surface area contributed by atoms with E-state index in [2.05, 4.69) is 6.58 Å². The third-order valence-electron chi connectivity index (χ3n) is 2.43. The average Bonchev–Trinajstić information content (AvgIpc) is 2.25. The van der Waals surface area contributed by atoms with Crippen molar-refractivity contribution in [1.82, 2.24) is 0 Å². The fourth-order valence-electron chi connectivity index (χ4n) is 1.39. The van der Waals surface area contributed by atoms with Crippen LogP contribution in [0.1, 0.15) is 6.92 Å². The maximum Gasteiger partial charge on any atom is 0.506 e. The SMILES string of the molecule is C=C(CN(CC)c1ccc(F)cc1)[B-](F)(F)F. The van der Waals surface area contributed by atoms with Gasteiger partial charge in [-0.25, -0.2) is 4.39 Å². The summed E-state index contributed by atoms with van der Waals surface area (Å²) >= 11 is 0. The summed E-state index contributed by atoms with van der Waals surface area (Å²) in [6.07, 6.45) is 0. The van der Waals surface area contributed by atoms with Crippen LogP contribution in [0.2, 0.25) is 0 Å². The molecule has 0 spiro atoms. The normalized spacial score (nSPS) is 11.4. The molecule has 17 heavy (non-hydrogen) atoms. The number of nitrogens with zero attached hydrogens (tertiary/aromatic N) is 1. The van der Waals surface area contributed by atoms with Crippen molar-refractivity contribution in [2.45, 2.75) is 6.92 Å². The van der Waals surface area contributed by atoms with Crippen LogP contribution >= 0.6 is 0 Å². The van der Waals surface area contributed by atoms with Gasteiger partial charge in [0.2, 0.25) is 0 Å². The Bertz CT molecular complexity index is 385. The highest BCUT2D eigenvalue weighted by Crippen LogP contribution is 2.22. The van der Waals surface area contributed by atoms with Gasteiger partial charge in [-0.1, -0.05) is 0 Å². The predicted octanol–water partition coefficient (Wildman–Crippen LogP) is 3.59. The van der Waals surface area contributed by atoms with Crippen molar-refractivity contribution in [2.75, 3.05) is 18.0 Å². The van der Waals surface area contributed by atoms with Gasteiger partial charge in [-0.3, -0.25) is 0 Å². The average molecular weight is 246 g/mol. The molecule has 0 radical (unpaired) electrons. The molecule has 0 bridgehead atoms. The van der Waals surface area contributed by atoms with Crippen LogP contribution in [0.25, 0.3) is 0 Å². The van der Waals surface area contributed by atoms with Gasteiger partial charge in [0.25, 0.3) is 0 Å². The van der Waals surface area contributed by atoms with Gasteiger partial charge in [0.1, 0.15) is 5.82 Å². The fraction of sp³-hybridized carbons (Fsp3) is 0.273. The molecule has 0 unspecified atom stereocenters. The second-order valence-corrected chi connectivity index (χ2v) is 3.72. The molecular weight excluding hydrogens is 233 g/mol. The molecule has 6 heteroatoms. The van der Waals surface area contributed by atoms with E-state index in [0.29, 0.717) is 12.2 Å². The van der Waals surface area contributed by atoms with E-state index in [-0.39, 0.29) is 6.54 Å². The van der Waals surface area contributed by atoms with E-state index in [1.165, 1.54) is 29.2 Å². The molecule has 0 fully saturated rings. The molecule has 1 aromatic carbocycles. The predicted molar refractivity (Wildman–Crippen MR) is 62.5 cm³/mol. The van der Waals surface area contributed by atoms with Gasteiger partial charge >= 0.3 is 6.98 Å². The second kappa shape index (κ2) is 5.25. The Morgan fingerprint density at radius 2 is 1.76 bits per heavy atom. The van der Waals surface area contributed by atoms with E-state index in [1.807, 2.05) is 0 Å². The monoisotopic (exact) mass is 246 g/mol. The molecule has 0 atom stereocenters. The first kappa shape index (κ1) is 13.6.